The molecule has 35 heavy (non-hydrogen) atoms. The zero-order valence-electron chi connectivity index (χ0n) is 20.8. The van der Waals surface area contributed by atoms with Gasteiger partial charge in [-0.15, -0.1) is 48.8 Å². The Morgan fingerprint density at radius 2 is 0.943 bits per heavy atom. The van der Waals surface area contributed by atoms with Gasteiger partial charge in [0.05, 0.1) is 0 Å². The van der Waals surface area contributed by atoms with E-state index in [-0.39, 0.29) is 32.2 Å². The van der Waals surface area contributed by atoms with Gasteiger partial charge in [-0.2, -0.15) is 36.4 Å². The van der Waals surface area contributed by atoms with Gasteiger partial charge in [-0.3, -0.25) is 12.2 Å². The molecule has 2 aliphatic carbocycles. The Hall–Kier alpha value is -1.37. The Morgan fingerprint density at radius 3 is 1.17 bits per heavy atom. The molecule has 3 aromatic rings. The summed E-state index contributed by atoms with van der Waals surface area (Å²) < 4.78 is 0. The molecule has 4 heteroatoms. The van der Waals surface area contributed by atoms with Crippen molar-refractivity contribution in [3.8, 4) is 0 Å². The molecule has 0 amide bonds. The predicted molar refractivity (Wildman–Crippen MR) is 158 cm³/mol. The zero-order chi connectivity index (χ0) is 23.0. The Balaban J connectivity index is 0. The van der Waals surface area contributed by atoms with Crippen LogP contribution in [0.25, 0.3) is 11.1 Å². The molecule has 0 spiro atoms. The van der Waals surface area contributed by atoms with E-state index in [1.165, 1.54) is 45.6 Å². The number of hydrogen-bond acceptors (Lipinski definition) is 0. The molecule has 0 heterocycles. The third-order valence-electron chi connectivity index (χ3n) is 4.79. The summed E-state index contributed by atoms with van der Waals surface area (Å²) in [6, 6.07) is 33.5. The fourth-order valence-corrected chi connectivity index (χ4v) is 3.21. The molecular weight excluding hydrogens is 607 g/mol. The smallest absolute Gasteiger partial charge is 0.171 e. The van der Waals surface area contributed by atoms with Gasteiger partial charge in [-0.25, -0.2) is 23.3 Å². The van der Waals surface area contributed by atoms with Gasteiger partial charge in [0.25, 0.3) is 0 Å². The van der Waals surface area contributed by atoms with Gasteiger partial charge in [0, 0.05) is 0 Å². The molecule has 3 aromatic carbocycles. The number of hydrogen-bond donors (Lipinski definition) is 0. The van der Waals surface area contributed by atoms with Gasteiger partial charge in [0.15, 0.2) is 0 Å². The summed E-state index contributed by atoms with van der Waals surface area (Å²) in [6.07, 6.45) is 12.9. The molecule has 0 nitrogen and oxygen atoms in total. The molecule has 0 aromatic heterocycles. The summed E-state index contributed by atoms with van der Waals surface area (Å²) in [4.78, 5) is 0. The maximum Gasteiger partial charge on any atom is -0.171 e. The standard InChI is InChI=1S/2C12H11.C6H5.CH3.2ClH.GeH2.Zr/c2*1-10-7-8-12(9-10)11-5-3-2-4-6-11;1-2-4-6-5-3-1;;;;;/h2*2-6,9H,8H2,1H3;1-5H;1H3;2*1H;1H2;/q4*-1;;;;. The first kappa shape index (κ1) is 35.8. The van der Waals surface area contributed by atoms with Gasteiger partial charge in [-0.1, -0.05) is 74.5 Å². The molecule has 0 saturated heterocycles. The van der Waals surface area contributed by atoms with Crippen LogP contribution in [0.15, 0.2) is 114 Å². The van der Waals surface area contributed by atoms with Crippen molar-refractivity contribution in [2.24, 2.45) is 0 Å². The van der Waals surface area contributed by atoms with E-state index in [1.807, 2.05) is 42.5 Å². The number of rotatable bonds is 2. The van der Waals surface area contributed by atoms with Gasteiger partial charge in [0.1, 0.15) is 0 Å². The normalized spacial score (nSPS) is 12.3. The van der Waals surface area contributed by atoms with Crippen LogP contribution in [0.2, 0.25) is 0 Å². The molecule has 0 unspecified atom stereocenters. The molecule has 0 aliphatic heterocycles. The van der Waals surface area contributed by atoms with Gasteiger partial charge < -0.3 is 7.43 Å². The molecule has 0 saturated carbocycles. The van der Waals surface area contributed by atoms with Gasteiger partial charge >= 0.3 is 33.7 Å². The van der Waals surface area contributed by atoms with Crippen LogP contribution in [0.1, 0.15) is 37.8 Å². The van der Waals surface area contributed by atoms with Gasteiger partial charge in [-0.05, 0) is 11.1 Å². The van der Waals surface area contributed by atoms with E-state index in [4.69, 9.17) is 0 Å². The van der Waals surface area contributed by atoms with Crippen molar-refractivity contribution < 1.29 is 21.6 Å². The fraction of sp³-hybridized carbons (Fsp3) is 0.129. The molecule has 5 rings (SSSR count). The molecule has 0 atom stereocenters. The molecular formula is C31H34Cl2GeZr-4. The molecule has 0 fully saturated rings. The maximum atomic E-state index is 3.29. The van der Waals surface area contributed by atoms with Crippen molar-refractivity contribution in [3.63, 3.8) is 0 Å². The first-order valence-electron chi connectivity index (χ1n) is 10.7. The van der Waals surface area contributed by atoms with E-state index in [2.05, 4.69) is 92.7 Å². The largest absolute Gasteiger partial charge is 0.184 e. The third-order valence-corrected chi connectivity index (χ3v) is 4.79. The summed E-state index contributed by atoms with van der Waals surface area (Å²) in [5, 5.41) is 0. The van der Waals surface area contributed by atoms with Crippen molar-refractivity contribution in [2.75, 3.05) is 0 Å². The van der Waals surface area contributed by atoms with Crippen LogP contribution in [0.4, 0.5) is 0 Å². The van der Waals surface area contributed by atoms with Crippen LogP contribution in [0.5, 0.6) is 0 Å². The Labute approximate surface area is 245 Å². The Kier molecular flexibility index (Phi) is 22.4. The predicted octanol–water partition coefficient (Wildman–Crippen LogP) is 8.31. The first-order chi connectivity index (χ1) is 15.7. The second-order valence-electron chi connectivity index (χ2n) is 7.22. The molecule has 0 radical (unpaired) electrons. The summed E-state index contributed by atoms with van der Waals surface area (Å²) in [7, 11) is 0. The Bertz CT molecular complexity index is 959. The van der Waals surface area contributed by atoms with Crippen molar-refractivity contribution in [2.45, 2.75) is 26.7 Å². The van der Waals surface area contributed by atoms with Crippen LogP contribution >= 0.6 is 24.8 Å². The summed E-state index contributed by atoms with van der Waals surface area (Å²) in [5.74, 6) is 0. The van der Waals surface area contributed by atoms with Crippen LogP contribution in [-0.2, 0) is 21.6 Å². The van der Waals surface area contributed by atoms with Crippen molar-refractivity contribution >= 4 is 48.1 Å². The summed E-state index contributed by atoms with van der Waals surface area (Å²) in [6.45, 7) is 4.19. The van der Waals surface area contributed by atoms with Gasteiger partial charge in [0.2, 0.25) is 0 Å². The molecule has 184 valence electrons. The molecule has 0 bridgehead atoms. The number of halogens is 2. The van der Waals surface area contributed by atoms with Crippen molar-refractivity contribution in [3.05, 3.63) is 151 Å². The van der Waals surface area contributed by atoms with E-state index < -0.39 is 0 Å². The average Bonchev–Trinajstić information content (AvgIpc) is 3.52. The first-order valence-corrected chi connectivity index (χ1v) is 21.2. The number of benzene rings is 3. The SMILES string of the molecule is CC1=[C-]CC(c2ccccc2)=C1.CC1=[C-]CC(c2ccccc2)=C1.Cl.Cl.[CH3-].[GeH2]=[Zr].[c-]1ccccc1. The fourth-order valence-electron chi connectivity index (χ4n) is 3.21. The van der Waals surface area contributed by atoms with E-state index in [0.717, 1.165) is 12.8 Å². The second-order valence-corrected chi connectivity index (χ2v) is 7.22. The van der Waals surface area contributed by atoms with Crippen LogP contribution < -0.4 is 0 Å². The van der Waals surface area contributed by atoms with Crippen LogP contribution in [-0.4, -0.2) is 12.1 Å². The van der Waals surface area contributed by atoms with E-state index in [0.29, 0.717) is 0 Å². The maximum absolute atomic E-state index is 3.29. The minimum Gasteiger partial charge on any atom is -0.184 e. The topological polar surface area (TPSA) is 0 Å². The van der Waals surface area contributed by atoms with Crippen molar-refractivity contribution in [1.82, 2.24) is 0 Å². The van der Waals surface area contributed by atoms with E-state index in [9.17, 15) is 0 Å². The quantitative estimate of drug-likeness (QED) is 0.195. The molecule has 2 aliphatic rings. The zero-order valence-corrected chi connectivity index (χ0v) is 27.8. The van der Waals surface area contributed by atoms with Crippen LogP contribution in [0, 0.1) is 25.6 Å². The second kappa shape index (κ2) is 21.9. The summed E-state index contributed by atoms with van der Waals surface area (Å²) in [5.41, 5.74) is 7.92. The third kappa shape index (κ3) is 14.1. The summed E-state index contributed by atoms with van der Waals surface area (Å²) >= 11 is 3.14. The minimum atomic E-state index is 0. The van der Waals surface area contributed by atoms with Crippen molar-refractivity contribution in [1.29, 1.82) is 0 Å². The monoisotopic (exact) mass is 640 g/mol. The van der Waals surface area contributed by atoms with Crippen LogP contribution in [0.3, 0.4) is 0 Å². The minimum absolute atomic E-state index is 0. The average molecular weight is 641 g/mol. The number of allylic oxidation sites excluding steroid dienone is 8. The van der Waals surface area contributed by atoms with E-state index in [1.54, 1.807) is 21.6 Å². The van der Waals surface area contributed by atoms with E-state index >= 15 is 0 Å². The Morgan fingerprint density at radius 1 is 0.600 bits per heavy atom. The molecule has 0 N–H and O–H groups in total.